The topological polar surface area (TPSA) is 44.8 Å². The number of thiophene rings is 1. The second-order valence-electron chi connectivity index (χ2n) is 4.90. The molecule has 3 rings (SSSR count). The first-order valence-corrected chi connectivity index (χ1v) is 8.49. The van der Waals surface area contributed by atoms with Gasteiger partial charge in [0.15, 0.2) is 0 Å². The van der Waals surface area contributed by atoms with Crippen molar-refractivity contribution in [3.8, 4) is 11.5 Å². The summed E-state index contributed by atoms with van der Waals surface area (Å²) in [6.07, 6.45) is 0. The monoisotopic (exact) mass is 362 g/mol. The van der Waals surface area contributed by atoms with Gasteiger partial charge >= 0.3 is 5.97 Å². The van der Waals surface area contributed by atoms with E-state index in [9.17, 15) is 4.79 Å². The van der Waals surface area contributed by atoms with Gasteiger partial charge in [-0.1, -0.05) is 29.8 Å². The first-order valence-electron chi connectivity index (χ1n) is 7.30. The minimum Gasteiger partial charge on any atom is -0.497 e. The number of hydrogen-bond acceptors (Lipinski definition) is 5. The van der Waals surface area contributed by atoms with Gasteiger partial charge in [0.2, 0.25) is 0 Å². The Hall–Kier alpha value is -2.24. The van der Waals surface area contributed by atoms with E-state index in [1.807, 2.05) is 24.3 Å². The number of rotatable bonds is 6. The zero-order valence-electron chi connectivity index (χ0n) is 13.0. The normalized spacial score (nSPS) is 10.6. The van der Waals surface area contributed by atoms with E-state index in [-0.39, 0.29) is 13.2 Å². The molecule has 0 N–H and O–H groups in total. The van der Waals surface area contributed by atoms with Crippen LogP contribution < -0.4 is 9.47 Å². The fourth-order valence-corrected chi connectivity index (χ4v) is 3.58. The van der Waals surface area contributed by atoms with E-state index in [2.05, 4.69) is 0 Å². The number of carbonyl (C=O) groups excluding carboxylic acids is 1. The number of methoxy groups -OCH3 is 1. The van der Waals surface area contributed by atoms with Crippen LogP contribution in [0.1, 0.15) is 9.67 Å². The number of ether oxygens (including phenoxy) is 3. The zero-order valence-corrected chi connectivity index (χ0v) is 14.5. The summed E-state index contributed by atoms with van der Waals surface area (Å²) in [5, 5.41) is 1.31. The molecule has 1 heterocycles. The highest BCUT2D eigenvalue weighted by molar-refractivity contribution is 7.21. The molecule has 0 unspecified atom stereocenters. The first kappa shape index (κ1) is 16.6. The molecule has 1 aromatic heterocycles. The molecule has 2 aromatic carbocycles. The molecule has 24 heavy (non-hydrogen) atoms. The molecular formula is C18H15ClO4S. The molecule has 124 valence electrons. The van der Waals surface area contributed by atoms with Crippen molar-refractivity contribution in [3.05, 3.63) is 58.4 Å². The molecule has 0 saturated heterocycles. The molecule has 0 saturated carbocycles. The van der Waals surface area contributed by atoms with Crippen LogP contribution in [0.5, 0.6) is 11.5 Å². The summed E-state index contributed by atoms with van der Waals surface area (Å²) < 4.78 is 16.8. The third-order valence-corrected chi connectivity index (χ3v) is 5.02. The summed E-state index contributed by atoms with van der Waals surface area (Å²) in [7, 11) is 1.61. The van der Waals surface area contributed by atoms with Crippen molar-refractivity contribution in [1.29, 1.82) is 0 Å². The van der Waals surface area contributed by atoms with Crippen molar-refractivity contribution in [2.45, 2.75) is 0 Å². The summed E-state index contributed by atoms with van der Waals surface area (Å²) in [6.45, 7) is 0.413. The van der Waals surface area contributed by atoms with Crippen molar-refractivity contribution in [3.63, 3.8) is 0 Å². The van der Waals surface area contributed by atoms with Gasteiger partial charge in [0.25, 0.3) is 0 Å². The average molecular weight is 363 g/mol. The van der Waals surface area contributed by atoms with Gasteiger partial charge < -0.3 is 14.2 Å². The third kappa shape index (κ3) is 3.63. The van der Waals surface area contributed by atoms with E-state index in [4.69, 9.17) is 25.8 Å². The standard InChI is InChI=1S/C18H15ClO4S/c1-21-12-6-8-13(9-7-12)22-10-11-23-18(20)17-16(19)14-4-2-3-5-15(14)24-17/h2-9H,10-11H2,1H3. The second-order valence-corrected chi connectivity index (χ2v) is 6.33. The molecule has 0 atom stereocenters. The SMILES string of the molecule is COc1ccc(OCCOC(=O)c2sc3ccccc3c2Cl)cc1. The molecule has 0 aliphatic rings. The average Bonchev–Trinajstić information content (AvgIpc) is 2.96. The molecule has 4 nitrogen and oxygen atoms in total. The molecule has 0 bridgehead atoms. The maximum atomic E-state index is 12.2. The van der Waals surface area contributed by atoms with Crippen molar-refractivity contribution in [1.82, 2.24) is 0 Å². The van der Waals surface area contributed by atoms with Crippen LogP contribution in [-0.4, -0.2) is 26.3 Å². The summed E-state index contributed by atoms with van der Waals surface area (Å²) in [6, 6.07) is 14.8. The van der Waals surface area contributed by atoms with Gasteiger partial charge in [-0.05, 0) is 30.3 Å². The van der Waals surface area contributed by atoms with E-state index >= 15 is 0 Å². The van der Waals surface area contributed by atoms with Crippen molar-refractivity contribution in [2.75, 3.05) is 20.3 Å². The van der Waals surface area contributed by atoms with E-state index < -0.39 is 5.97 Å². The Labute approximate surface area is 148 Å². The molecule has 0 spiro atoms. The molecule has 0 aliphatic carbocycles. The van der Waals surface area contributed by atoms with Crippen LogP contribution in [0, 0.1) is 0 Å². The Kier molecular flexibility index (Phi) is 5.23. The zero-order chi connectivity index (χ0) is 16.9. The predicted octanol–water partition coefficient (Wildman–Crippen LogP) is 4.80. The van der Waals surface area contributed by atoms with Crippen LogP contribution in [0.4, 0.5) is 0 Å². The minimum atomic E-state index is -0.431. The van der Waals surface area contributed by atoms with E-state index in [1.54, 1.807) is 31.4 Å². The number of fused-ring (bicyclic) bond motifs is 1. The Morgan fingerprint density at radius 2 is 1.75 bits per heavy atom. The summed E-state index contributed by atoms with van der Waals surface area (Å²) >= 11 is 7.59. The van der Waals surface area contributed by atoms with Crippen LogP contribution in [0.2, 0.25) is 5.02 Å². The van der Waals surface area contributed by atoms with Crippen molar-refractivity contribution < 1.29 is 19.0 Å². The van der Waals surface area contributed by atoms with Gasteiger partial charge in [-0.3, -0.25) is 0 Å². The van der Waals surface area contributed by atoms with E-state index in [0.717, 1.165) is 15.8 Å². The van der Waals surface area contributed by atoms with Crippen LogP contribution >= 0.6 is 22.9 Å². The smallest absolute Gasteiger partial charge is 0.350 e. The highest BCUT2D eigenvalue weighted by Crippen LogP contribution is 2.35. The third-order valence-electron chi connectivity index (χ3n) is 3.36. The molecule has 3 aromatic rings. The molecule has 6 heteroatoms. The maximum Gasteiger partial charge on any atom is 0.350 e. The van der Waals surface area contributed by atoms with Gasteiger partial charge in [-0.25, -0.2) is 4.79 Å². The quantitative estimate of drug-likeness (QED) is 0.466. The number of halogens is 1. The minimum absolute atomic E-state index is 0.148. The number of benzene rings is 2. The fraction of sp³-hybridized carbons (Fsp3) is 0.167. The van der Waals surface area contributed by atoms with Gasteiger partial charge in [-0.15, -0.1) is 11.3 Å². The van der Waals surface area contributed by atoms with Gasteiger partial charge in [0.1, 0.15) is 29.6 Å². The molecule has 0 radical (unpaired) electrons. The van der Waals surface area contributed by atoms with Crippen LogP contribution in [0.3, 0.4) is 0 Å². The Morgan fingerprint density at radius 3 is 2.46 bits per heavy atom. The van der Waals surface area contributed by atoms with Crippen molar-refractivity contribution >= 4 is 39.0 Å². The second kappa shape index (κ2) is 7.55. The number of esters is 1. The molecular weight excluding hydrogens is 348 g/mol. The first-order chi connectivity index (χ1) is 11.7. The summed E-state index contributed by atoms with van der Waals surface area (Å²) in [4.78, 5) is 12.6. The lowest BCUT2D eigenvalue weighted by Gasteiger charge is -2.07. The highest BCUT2D eigenvalue weighted by atomic mass is 35.5. The van der Waals surface area contributed by atoms with E-state index in [0.29, 0.717) is 15.6 Å². The lowest BCUT2D eigenvalue weighted by Crippen LogP contribution is -2.11. The van der Waals surface area contributed by atoms with Crippen LogP contribution in [0.25, 0.3) is 10.1 Å². The number of carbonyl (C=O) groups is 1. The molecule has 0 aliphatic heterocycles. The lowest BCUT2D eigenvalue weighted by atomic mass is 10.2. The largest absolute Gasteiger partial charge is 0.497 e. The van der Waals surface area contributed by atoms with Crippen LogP contribution in [-0.2, 0) is 4.74 Å². The predicted molar refractivity (Wildman–Crippen MR) is 95.6 cm³/mol. The Morgan fingerprint density at radius 1 is 1.04 bits per heavy atom. The summed E-state index contributed by atoms with van der Waals surface area (Å²) in [5.74, 6) is 1.01. The molecule has 0 amide bonds. The summed E-state index contributed by atoms with van der Waals surface area (Å²) in [5.41, 5.74) is 0. The number of hydrogen-bond donors (Lipinski definition) is 0. The van der Waals surface area contributed by atoms with Crippen LogP contribution in [0.15, 0.2) is 48.5 Å². The van der Waals surface area contributed by atoms with Gasteiger partial charge in [0, 0.05) is 10.1 Å². The van der Waals surface area contributed by atoms with Gasteiger partial charge in [-0.2, -0.15) is 0 Å². The lowest BCUT2D eigenvalue weighted by molar-refractivity contribution is 0.0456. The Bertz CT molecular complexity index is 842. The van der Waals surface area contributed by atoms with Gasteiger partial charge in [0.05, 0.1) is 12.1 Å². The Balaban J connectivity index is 1.54. The van der Waals surface area contributed by atoms with E-state index in [1.165, 1.54) is 11.3 Å². The maximum absolute atomic E-state index is 12.2. The highest BCUT2D eigenvalue weighted by Gasteiger charge is 2.18. The fourth-order valence-electron chi connectivity index (χ4n) is 2.18. The molecule has 0 fully saturated rings. The van der Waals surface area contributed by atoms with Crippen molar-refractivity contribution in [2.24, 2.45) is 0 Å².